The Kier molecular flexibility index (Phi) is 7.49. The maximum absolute atomic E-state index is 12.0. The summed E-state index contributed by atoms with van der Waals surface area (Å²) < 4.78 is 5.38. The topological polar surface area (TPSA) is 70.7 Å². The van der Waals surface area contributed by atoms with E-state index in [4.69, 9.17) is 16.3 Å². The first-order chi connectivity index (χ1) is 14.0. The number of hydrogen-bond acceptors (Lipinski definition) is 4. The van der Waals surface area contributed by atoms with Crippen molar-refractivity contribution in [2.45, 2.75) is 19.8 Å². The second-order valence-electron chi connectivity index (χ2n) is 6.99. The molecule has 2 amide bonds. The van der Waals surface area contributed by atoms with E-state index in [-0.39, 0.29) is 0 Å². The molecule has 0 bridgehead atoms. The molecule has 29 heavy (non-hydrogen) atoms. The number of halogens is 1. The van der Waals surface area contributed by atoms with Crippen LogP contribution in [0.15, 0.2) is 42.5 Å². The Morgan fingerprint density at radius 3 is 2.52 bits per heavy atom. The number of benzene rings is 2. The van der Waals surface area contributed by atoms with Gasteiger partial charge in [-0.2, -0.15) is 0 Å². The number of carbonyl (C=O) groups excluding carboxylic acids is 2. The third-order valence-electron chi connectivity index (χ3n) is 4.96. The van der Waals surface area contributed by atoms with Crippen LogP contribution in [0, 0.1) is 6.92 Å². The fraction of sp³-hybridized carbons (Fsp3) is 0.364. The van der Waals surface area contributed by atoms with E-state index >= 15 is 0 Å². The molecule has 1 heterocycles. The van der Waals surface area contributed by atoms with Crippen LogP contribution in [0.5, 0.6) is 0 Å². The van der Waals surface area contributed by atoms with E-state index in [9.17, 15) is 9.59 Å². The van der Waals surface area contributed by atoms with Gasteiger partial charge in [0.2, 0.25) is 0 Å². The average Bonchev–Trinajstić information content (AvgIpc) is 2.75. The van der Waals surface area contributed by atoms with Crippen molar-refractivity contribution in [3.63, 3.8) is 0 Å². The molecule has 2 aromatic carbocycles. The molecule has 6 nitrogen and oxygen atoms in total. The average molecular weight is 416 g/mol. The Morgan fingerprint density at radius 1 is 1.07 bits per heavy atom. The predicted molar refractivity (Wildman–Crippen MR) is 116 cm³/mol. The Morgan fingerprint density at radius 2 is 1.79 bits per heavy atom. The van der Waals surface area contributed by atoms with E-state index < -0.39 is 11.8 Å². The fourth-order valence-electron chi connectivity index (χ4n) is 3.19. The SMILES string of the molecule is Cc1c(Cl)cccc1NC(=O)C(=O)NCCCc1ccc(N2CCOCC2)cc1. The van der Waals surface area contributed by atoms with E-state index in [1.54, 1.807) is 25.1 Å². The minimum absolute atomic E-state index is 0.437. The molecule has 0 saturated carbocycles. The number of hydrogen-bond donors (Lipinski definition) is 2. The maximum Gasteiger partial charge on any atom is 0.313 e. The number of aryl methyl sites for hydroxylation is 1. The van der Waals surface area contributed by atoms with Crippen molar-refractivity contribution in [1.82, 2.24) is 5.32 Å². The molecule has 0 unspecified atom stereocenters. The van der Waals surface area contributed by atoms with Crippen LogP contribution in [-0.2, 0) is 20.7 Å². The zero-order chi connectivity index (χ0) is 20.6. The van der Waals surface area contributed by atoms with Gasteiger partial charge in [-0.3, -0.25) is 9.59 Å². The largest absolute Gasteiger partial charge is 0.378 e. The molecule has 154 valence electrons. The molecule has 0 aliphatic carbocycles. The standard InChI is InChI=1S/C22H26ClN3O3/c1-16-19(23)5-2-6-20(16)25-22(28)21(27)24-11-3-4-17-7-9-18(10-8-17)26-12-14-29-15-13-26/h2,5-10H,3-4,11-15H2,1H3,(H,24,27)(H,25,28). The molecular formula is C22H26ClN3O3. The monoisotopic (exact) mass is 415 g/mol. The van der Waals surface area contributed by atoms with Crippen molar-refractivity contribution in [1.29, 1.82) is 0 Å². The van der Waals surface area contributed by atoms with Gasteiger partial charge in [0.05, 0.1) is 13.2 Å². The lowest BCUT2D eigenvalue weighted by Gasteiger charge is -2.28. The van der Waals surface area contributed by atoms with Gasteiger partial charge in [-0.1, -0.05) is 29.8 Å². The zero-order valence-corrected chi connectivity index (χ0v) is 17.3. The first-order valence-corrected chi connectivity index (χ1v) is 10.2. The quantitative estimate of drug-likeness (QED) is 0.561. The fourth-order valence-corrected chi connectivity index (χ4v) is 3.37. The van der Waals surface area contributed by atoms with Crippen LogP contribution in [-0.4, -0.2) is 44.7 Å². The van der Waals surface area contributed by atoms with Gasteiger partial charge in [-0.15, -0.1) is 0 Å². The third-order valence-corrected chi connectivity index (χ3v) is 5.37. The van der Waals surface area contributed by atoms with Crippen molar-refractivity contribution in [2.24, 2.45) is 0 Å². The van der Waals surface area contributed by atoms with Crippen molar-refractivity contribution in [2.75, 3.05) is 43.1 Å². The van der Waals surface area contributed by atoms with Crippen LogP contribution < -0.4 is 15.5 Å². The van der Waals surface area contributed by atoms with Crippen LogP contribution in [0.3, 0.4) is 0 Å². The van der Waals surface area contributed by atoms with Crippen LogP contribution in [0.4, 0.5) is 11.4 Å². The number of nitrogens with zero attached hydrogens (tertiary/aromatic N) is 1. The minimum Gasteiger partial charge on any atom is -0.378 e. The third kappa shape index (κ3) is 5.95. The van der Waals surface area contributed by atoms with Crippen LogP contribution >= 0.6 is 11.6 Å². The normalized spacial score (nSPS) is 13.8. The summed E-state index contributed by atoms with van der Waals surface area (Å²) in [6.07, 6.45) is 1.59. The highest BCUT2D eigenvalue weighted by molar-refractivity contribution is 6.40. The molecule has 7 heteroatoms. The summed E-state index contributed by atoms with van der Waals surface area (Å²) in [6, 6.07) is 13.7. The summed E-state index contributed by atoms with van der Waals surface area (Å²) in [5.74, 6) is -1.34. The molecule has 3 rings (SSSR count). The smallest absolute Gasteiger partial charge is 0.313 e. The lowest BCUT2D eigenvalue weighted by molar-refractivity contribution is -0.136. The number of rotatable bonds is 6. The van der Waals surface area contributed by atoms with Gasteiger partial charge in [0.15, 0.2) is 0 Å². The molecule has 1 aliphatic heterocycles. The van der Waals surface area contributed by atoms with E-state index in [0.717, 1.165) is 44.7 Å². The highest BCUT2D eigenvalue weighted by Crippen LogP contribution is 2.22. The van der Waals surface area contributed by atoms with E-state index in [0.29, 0.717) is 17.3 Å². The summed E-state index contributed by atoms with van der Waals surface area (Å²) in [5.41, 5.74) is 3.68. The Labute approximate surface area is 176 Å². The highest BCUT2D eigenvalue weighted by Gasteiger charge is 2.15. The van der Waals surface area contributed by atoms with Gasteiger partial charge in [-0.05, 0) is 55.2 Å². The maximum atomic E-state index is 12.0. The lowest BCUT2D eigenvalue weighted by Crippen LogP contribution is -2.36. The van der Waals surface area contributed by atoms with E-state index in [2.05, 4.69) is 39.8 Å². The van der Waals surface area contributed by atoms with Gasteiger partial charge in [0, 0.05) is 36.0 Å². The van der Waals surface area contributed by atoms with Crippen molar-refractivity contribution in [3.8, 4) is 0 Å². The number of carbonyl (C=O) groups is 2. The molecule has 2 N–H and O–H groups in total. The molecule has 1 aliphatic rings. The molecular weight excluding hydrogens is 390 g/mol. The molecule has 0 aromatic heterocycles. The predicted octanol–water partition coefficient (Wildman–Crippen LogP) is 3.17. The summed E-state index contributed by atoms with van der Waals surface area (Å²) in [5, 5.41) is 5.81. The highest BCUT2D eigenvalue weighted by atomic mass is 35.5. The Balaban J connectivity index is 1.40. The van der Waals surface area contributed by atoms with Crippen LogP contribution in [0.1, 0.15) is 17.5 Å². The van der Waals surface area contributed by atoms with Gasteiger partial charge in [-0.25, -0.2) is 0 Å². The molecule has 1 saturated heterocycles. The Hall–Kier alpha value is -2.57. The number of ether oxygens (including phenoxy) is 1. The molecule has 0 radical (unpaired) electrons. The Bertz CT molecular complexity index is 849. The first-order valence-electron chi connectivity index (χ1n) is 9.80. The van der Waals surface area contributed by atoms with Crippen molar-refractivity contribution >= 4 is 34.8 Å². The van der Waals surface area contributed by atoms with Gasteiger partial charge in [0.1, 0.15) is 0 Å². The summed E-state index contributed by atoms with van der Waals surface area (Å²) >= 11 is 6.03. The zero-order valence-electron chi connectivity index (χ0n) is 16.5. The molecule has 1 fully saturated rings. The number of morpholine rings is 1. The van der Waals surface area contributed by atoms with Gasteiger partial charge >= 0.3 is 11.8 Å². The number of anilines is 2. The second kappa shape index (κ2) is 10.3. The van der Waals surface area contributed by atoms with Gasteiger partial charge < -0.3 is 20.3 Å². The number of nitrogens with one attached hydrogen (secondary N) is 2. The summed E-state index contributed by atoms with van der Waals surface area (Å²) in [7, 11) is 0. The number of amides is 2. The molecule has 0 spiro atoms. The molecule has 0 atom stereocenters. The second-order valence-corrected chi connectivity index (χ2v) is 7.40. The summed E-state index contributed by atoms with van der Waals surface area (Å²) in [4.78, 5) is 26.4. The van der Waals surface area contributed by atoms with Crippen LogP contribution in [0.2, 0.25) is 5.02 Å². The van der Waals surface area contributed by atoms with E-state index in [1.807, 2.05) is 0 Å². The summed E-state index contributed by atoms with van der Waals surface area (Å²) in [6.45, 7) is 5.61. The lowest BCUT2D eigenvalue weighted by atomic mass is 10.1. The first kappa shape index (κ1) is 21.1. The van der Waals surface area contributed by atoms with E-state index in [1.165, 1.54) is 11.3 Å². The van der Waals surface area contributed by atoms with Crippen molar-refractivity contribution < 1.29 is 14.3 Å². The molecule has 2 aromatic rings. The minimum atomic E-state index is -0.690. The van der Waals surface area contributed by atoms with Crippen molar-refractivity contribution in [3.05, 3.63) is 58.6 Å². The van der Waals surface area contributed by atoms with Gasteiger partial charge in [0.25, 0.3) is 0 Å². The van der Waals surface area contributed by atoms with Crippen LogP contribution in [0.25, 0.3) is 0 Å².